The summed E-state index contributed by atoms with van der Waals surface area (Å²) in [6, 6.07) is 5.09. The molecule has 0 radical (unpaired) electrons. The Morgan fingerprint density at radius 2 is 2.00 bits per heavy atom. The Balaban J connectivity index is 1.78. The number of halogens is 3. The van der Waals surface area contributed by atoms with E-state index in [1.807, 2.05) is 13.0 Å². The van der Waals surface area contributed by atoms with Crippen molar-refractivity contribution in [2.24, 2.45) is 4.99 Å². The third kappa shape index (κ3) is 7.48. The summed E-state index contributed by atoms with van der Waals surface area (Å²) >= 11 is 0. The van der Waals surface area contributed by atoms with Crippen molar-refractivity contribution in [3.63, 3.8) is 0 Å². The van der Waals surface area contributed by atoms with Gasteiger partial charge in [-0.3, -0.25) is 9.89 Å². The zero-order chi connectivity index (χ0) is 21.7. The van der Waals surface area contributed by atoms with Gasteiger partial charge in [0.1, 0.15) is 0 Å². The number of likely N-dealkylation sites (tertiary alicyclic amines) is 1. The van der Waals surface area contributed by atoms with E-state index in [1.165, 1.54) is 4.90 Å². The number of hydrogen-bond acceptors (Lipinski definition) is 4. The third-order valence-electron chi connectivity index (χ3n) is 4.58. The van der Waals surface area contributed by atoms with E-state index in [-0.39, 0.29) is 30.6 Å². The molecular formula is C18H28F3N5O2S. The second kappa shape index (κ2) is 9.77. The molecule has 1 aromatic carbocycles. The van der Waals surface area contributed by atoms with E-state index in [0.29, 0.717) is 24.5 Å². The summed E-state index contributed by atoms with van der Waals surface area (Å²) in [5.74, 6) is 0.426. The Morgan fingerprint density at radius 3 is 2.66 bits per heavy atom. The van der Waals surface area contributed by atoms with Gasteiger partial charge in [-0.1, -0.05) is 12.1 Å². The first-order chi connectivity index (χ1) is 13.5. The maximum Gasteiger partial charge on any atom is 0.401 e. The lowest BCUT2D eigenvalue weighted by Crippen LogP contribution is -2.47. The minimum atomic E-state index is -4.21. The Morgan fingerprint density at radius 1 is 1.28 bits per heavy atom. The highest BCUT2D eigenvalue weighted by Crippen LogP contribution is 2.20. The molecule has 11 heteroatoms. The van der Waals surface area contributed by atoms with Crippen LogP contribution in [0.4, 0.5) is 13.2 Å². The molecule has 3 N–H and O–H groups in total. The normalized spacial score (nSPS) is 18.8. The monoisotopic (exact) mass is 435 g/mol. The number of aryl methyl sites for hydroxylation is 2. The Bertz CT molecular complexity index is 827. The molecule has 1 saturated heterocycles. The van der Waals surface area contributed by atoms with Crippen LogP contribution in [0, 0.1) is 13.8 Å². The first-order valence-corrected chi connectivity index (χ1v) is 10.8. The van der Waals surface area contributed by atoms with Crippen LogP contribution < -0.4 is 15.4 Å². The molecule has 29 heavy (non-hydrogen) atoms. The number of guanidine groups is 1. The van der Waals surface area contributed by atoms with E-state index in [2.05, 4.69) is 20.3 Å². The van der Waals surface area contributed by atoms with Crippen molar-refractivity contribution in [3.8, 4) is 0 Å². The van der Waals surface area contributed by atoms with Crippen LogP contribution in [0.25, 0.3) is 0 Å². The maximum atomic E-state index is 12.5. The SMILES string of the molecule is CN=C(NCCNS(=O)(=O)c1cc(C)ccc1C)NC1CCN(CC(F)(F)F)C1. The van der Waals surface area contributed by atoms with E-state index in [0.717, 1.165) is 5.56 Å². The number of hydrogen-bond donors (Lipinski definition) is 3. The highest BCUT2D eigenvalue weighted by atomic mass is 32.2. The van der Waals surface area contributed by atoms with Crippen molar-refractivity contribution in [2.45, 2.75) is 37.4 Å². The molecule has 1 unspecified atom stereocenters. The number of alkyl halides is 3. The van der Waals surface area contributed by atoms with Crippen LogP contribution in [0.15, 0.2) is 28.1 Å². The van der Waals surface area contributed by atoms with Gasteiger partial charge in [-0.25, -0.2) is 13.1 Å². The minimum Gasteiger partial charge on any atom is -0.355 e. The number of nitrogens with zero attached hydrogens (tertiary/aromatic N) is 2. The van der Waals surface area contributed by atoms with Gasteiger partial charge in [-0.05, 0) is 37.5 Å². The van der Waals surface area contributed by atoms with Crippen molar-refractivity contribution in [1.82, 2.24) is 20.3 Å². The molecule has 0 aromatic heterocycles. The van der Waals surface area contributed by atoms with Gasteiger partial charge in [0.15, 0.2) is 5.96 Å². The third-order valence-corrected chi connectivity index (χ3v) is 6.19. The smallest absolute Gasteiger partial charge is 0.355 e. The van der Waals surface area contributed by atoms with Gasteiger partial charge in [0.25, 0.3) is 0 Å². The number of sulfonamides is 1. The van der Waals surface area contributed by atoms with Crippen LogP contribution in [-0.4, -0.2) is 71.3 Å². The van der Waals surface area contributed by atoms with Crippen molar-refractivity contribution >= 4 is 16.0 Å². The summed E-state index contributed by atoms with van der Waals surface area (Å²) in [6.45, 7) is 3.71. The van der Waals surface area contributed by atoms with Crippen LogP contribution >= 0.6 is 0 Å². The fourth-order valence-electron chi connectivity index (χ4n) is 3.18. The highest BCUT2D eigenvalue weighted by molar-refractivity contribution is 7.89. The standard InChI is InChI=1S/C18H28F3N5O2S/c1-13-4-5-14(2)16(10-13)29(27,28)24-8-7-23-17(22-3)25-15-6-9-26(11-15)12-18(19,20)21/h4-5,10,15,24H,6-9,11-12H2,1-3H3,(H2,22,23,25). The average Bonchev–Trinajstić information content (AvgIpc) is 3.04. The molecular weight excluding hydrogens is 407 g/mol. The van der Waals surface area contributed by atoms with E-state index >= 15 is 0 Å². The minimum absolute atomic E-state index is 0.140. The Hall–Kier alpha value is -1.85. The van der Waals surface area contributed by atoms with E-state index in [1.54, 1.807) is 26.1 Å². The summed E-state index contributed by atoms with van der Waals surface area (Å²) in [4.78, 5) is 5.64. The molecule has 0 aliphatic carbocycles. The summed E-state index contributed by atoms with van der Waals surface area (Å²) in [6.07, 6.45) is -3.63. The van der Waals surface area contributed by atoms with Gasteiger partial charge < -0.3 is 10.6 Å². The second-order valence-corrected chi connectivity index (χ2v) is 8.88. The van der Waals surface area contributed by atoms with Crippen molar-refractivity contribution in [1.29, 1.82) is 0 Å². The van der Waals surface area contributed by atoms with Crippen LogP contribution in [0.2, 0.25) is 0 Å². The summed E-state index contributed by atoms with van der Waals surface area (Å²) in [5.41, 5.74) is 1.52. The number of rotatable bonds is 7. The summed E-state index contributed by atoms with van der Waals surface area (Å²) < 4.78 is 64.9. The van der Waals surface area contributed by atoms with Crippen LogP contribution in [0.1, 0.15) is 17.5 Å². The zero-order valence-corrected chi connectivity index (χ0v) is 17.6. The fourth-order valence-corrected chi connectivity index (χ4v) is 4.54. The lowest BCUT2D eigenvalue weighted by Gasteiger charge is -2.20. The molecule has 1 aromatic rings. The van der Waals surface area contributed by atoms with Crippen molar-refractivity contribution in [2.75, 3.05) is 39.8 Å². The van der Waals surface area contributed by atoms with Gasteiger partial charge in [-0.15, -0.1) is 0 Å². The molecule has 1 aliphatic heterocycles. The van der Waals surface area contributed by atoms with Crippen LogP contribution in [-0.2, 0) is 10.0 Å². The van der Waals surface area contributed by atoms with E-state index in [4.69, 9.17) is 0 Å². The van der Waals surface area contributed by atoms with Gasteiger partial charge in [0, 0.05) is 39.3 Å². The molecule has 1 heterocycles. The van der Waals surface area contributed by atoms with Crippen LogP contribution in [0.5, 0.6) is 0 Å². The first-order valence-electron chi connectivity index (χ1n) is 9.33. The molecule has 164 valence electrons. The van der Waals surface area contributed by atoms with Gasteiger partial charge >= 0.3 is 6.18 Å². The van der Waals surface area contributed by atoms with E-state index in [9.17, 15) is 21.6 Å². The quantitative estimate of drug-likeness (QED) is 0.342. The number of nitrogens with one attached hydrogen (secondary N) is 3. The highest BCUT2D eigenvalue weighted by Gasteiger charge is 2.34. The molecule has 7 nitrogen and oxygen atoms in total. The molecule has 1 aliphatic rings. The van der Waals surface area contributed by atoms with Gasteiger partial charge in [-0.2, -0.15) is 13.2 Å². The van der Waals surface area contributed by atoms with Crippen molar-refractivity contribution < 1.29 is 21.6 Å². The fraction of sp³-hybridized carbons (Fsp3) is 0.611. The average molecular weight is 436 g/mol. The van der Waals surface area contributed by atoms with E-state index < -0.39 is 22.7 Å². The molecule has 2 rings (SSSR count). The zero-order valence-electron chi connectivity index (χ0n) is 16.8. The lowest BCUT2D eigenvalue weighted by molar-refractivity contribution is -0.143. The summed E-state index contributed by atoms with van der Waals surface area (Å²) in [5, 5.41) is 6.06. The predicted molar refractivity (Wildman–Crippen MR) is 107 cm³/mol. The Kier molecular flexibility index (Phi) is 7.89. The molecule has 0 bridgehead atoms. The molecule has 0 saturated carbocycles. The van der Waals surface area contributed by atoms with Gasteiger partial charge in [0.2, 0.25) is 10.0 Å². The van der Waals surface area contributed by atoms with Crippen LogP contribution in [0.3, 0.4) is 0 Å². The maximum absolute atomic E-state index is 12.5. The Labute approximate surface area is 169 Å². The second-order valence-electron chi connectivity index (χ2n) is 7.15. The number of benzene rings is 1. The molecule has 1 atom stereocenters. The van der Waals surface area contributed by atoms with Gasteiger partial charge in [0.05, 0.1) is 11.4 Å². The summed E-state index contributed by atoms with van der Waals surface area (Å²) in [7, 11) is -2.08. The largest absolute Gasteiger partial charge is 0.401 e. The number of aliphatic imine (C=N–C) groups is 1. The predicted octanol–water partition coefficient (Wildman–Crippen LogP) is 1.38. The lowest BCUT2D eigenvalue weighted by atomic mass is 10.2. The molecule has 0 spiro atoms. The topological polar surface area (TPSA) is 85.8 Å². The molecule has 1 fully saturated rings. The van der Waals surface area contributed by atoms with Crippen molar-refractivity contribution in [3.05, 3.63) is 29.3 Å². The molecule has 0 amide bonds. The first kappa shape index (κ1) is 23.4.